The van der Waals surface area contributed by atoms with Crippen molar-refractivity contribution in [3.05, 3.63) is 69.8 Å². The Kier molecular flexibility index (Phi) is 5.66. The van der Waals surface area contributed by atoms with Crippen LogP contribution in [0.4, 0.5) is 5.69 Å². The predicted molar refractivity (Wildman–Crippen MR) is 104 cm³/mol. The summed E-state index contributed by atoms with van der Waals surface area (Å²) < 4.78 is 1.97. The largest absolute Gasteiger partial charge is 0.302 e. The summed E-state index contributed by atoms with van der Waals surface area (Å²) in [5.74, 6) is 0.837. The predicted octanol–water partition coefficient (Wildman–Crippen LogP) is 4.16. The quantitative estimate of drug-likeness (QED) is 0.264. The molecule has 0 saturated heterocycles. The summed E-state index contributed by atoms with van der Waals surface area (Å²) in [5.41, 5.74) is 2.55. The van der Waals surface area contributed by atoms with Gasteiger partial charge in [-0.15, -0.1) is 10.2 Å². The van der Waals surface area contributed by atoms with E-state index >= 15 is 0 Å². The first-order chi connectivity index (χ1) is 13.0. The van der Waals surface area contributed by atoms with Gasteiger partial charge in [0.05, 0.1) is 10.7 Å². The van der Waals surface area contributed by atoms with Gasteiger partial charge in [0.1, 0.15) is 0 Å². The zero-order valence-electron chi connectivity index (χ0n) is 15.0. The summed E-state index contributed by atoms with van der Waals surface area (Å²) in [6, 6.07) is 13.7. The molecule has 0 bridgehead atoms. The minimum atomic E-state index is -0.487. The van der Waals surface area contributed by atoms with E-state index in [0.29, 0.717) is 17.3 Å². The fourth-order valence-corrected chi connectivity index (χ4v) is 3.48. The molecule has 0 aliphatic carbocycles. The number of rotatable bonds is 7. The minimum absolute atomic E-state index is 0.0346. The van der Waals surface area contributed by atoms with Crippen LogP contribution in [0.1, 0.15) is 22.8 Å². The molecule has 3 rings (SSSR count). The number of non-ortho nitro benzene ring substituents is 1. The van der Waals surface area contributed by atoms with Crippen molar-refractivity contribution < 1.29 is 9.72 Å². The lowest BCUT2D eigenvalue weighted by Crippen LogP contribution is -2.05. The summed E-state index contributed by atoms with van der Waals surface area (Å²) in [7, 11) is 0. The molecular formula is C19H18N4O3S. The molecule has 0 radical (unpaired) electrons. The van der Waals surface area contributed by atoms with Crippen LogP contribution in [-0.4, -0.2) is 31.2 Å². The summed E-state index contributed by atoms with van der Waals surface area (Å²) >= 11 is 1.31. The van der Waals surface area contributed by atoms with Crippen LogP contribution >= 0.6 is 11.8 Å². The molecule has 0 aliphatic rings. The molecule has 138 valence electrons. The number of carbonyl (C=O) groups is 1. The van der Waals surface area contributed by atoms with Crippen LogP contribution in [0.3, 0.4) is 0 Å². The van der Waals surface area contributed by atoms with E-state index in [0.717, 1.165) is 11.4 Å². The van der Waals surface area contributed by atoms with E-state index in [9.17, 15) is 14.9 Å². The molecule has 0 atom stereocenters. The van der Waals surface area contributed by atoms with Gasteiger partial charge >= 0.3 is 0 Å². The van der Waals surface area contributed by atoms with Gasteiger partial charge in [0, 0.05) is 29.8 Å². The molecule has 0 spiro atoms. The van der Waals surface area contributed by atoms with Crippen molar-refractivity contribution in [2.75, 3.05) is 5.75 Å². The highest BCUT2D eigenvalue weighted by Gasteiger charge is 2.16. The highest BCUT2D eigenvalue weighted by Crippen LogP contribution is 2.25. The maximum absolute atomic E-state index is 12.4. The van der Waals surface area contributed by atoms with Crippen LogP contribution in [0, 0.1) is 17.0 Å². The molecule has 27 heavy (non-hydrogen) atoms. The lowest BCUT2D eigenvalue weighted by molar-refractivity contribution is -0.384. The van der Waals surface area contributed by atoms with Crippen molar-refractivity contribution >= 4 is 23.2 Å². The second-order valence-electron chi connectivity index (χ2n) is 5.93. The van der Waals surface area contributed by atoms with Crippen molar-refractivity contribution in [2.24, 2.45) is 0 Å². The van der Waals surface area contributed by atoms with Crippen LogP contribution in [0.2, 0.25) is 0 Å². The van der Waals surface area contributed by atoms with Crippen molar-refractivity contribution in [2.45, 2.75) is 25.5 Å². The summed E-state index contributed by atoms with van der Waals surface area (Å²) in [6.45, 7) is 4.72. The third kappa shape index (κ3) is 4.22. The number of nitrogens with zero attached hydrogens (tertiary/aromatic N) is 4. The maximum atomic E-state index is 12.4. The van der Waals surface area contributed by atoms with Crippen molar-refractivity contribution in [3.63, 3.8) is 0 Å². The summed E-state index contributed by atoms with van der Waals surface area (Å²) in [4.78, 5) is 22.6. The molecule has 1 heterocycles. The molecule has 0 N–H and O–H groups in total. The average Bonchev–Trinajstić information content (AvgIpc) is 3.09. The van der Waals surface area contributed by atoms with Crippen LogP contribution in [-0.2, 0) is 6.54 Å². The number of hydrogen-bond donors (Lipinski definition) is 0. The number of hydrogen-bond acceptors (Lipinski definition) is 6. The summed E-state index contributed by atoms with van der Waals surface area (Å²) in [5, 5.41) is 19.9. The number of Topliss-reactive ketones (excluding diaryl/α,β-unsaturated/α-hetero) is 1. The molecule has 0 unspecified atom stereocenters. The van der Waals surface area contributed by atoms with Gasteiger partial charge in [-0.3, -0.25) is 14.9 Å². The lowest BCUT2D eigenvalue weighted by atomic mass is 10.1. The highest BCUT2D eigenvalue weighted by atomic mass is 32.2. The van der Waals surface area contributed by atoms with Crippen LogP contribution in [0.25, 0.3) is 11.4 Å². The smallest absolute Gasteiger partial charge is 0.269 e. The average molecular weight is 382 g/mol. The molecule has 1 aromatic heterocycles. The molecule has 0 amide bonds. The standard InChI is InChI=1S/C19H18N4O3S/c1-3-22-18(15-6-4-13(2)5-7-15)20-21-19(22)27-12-17(24)14-8-10-16(11-9-14)23(25)26/h4-11H,3,12H2,1-2H3. The Hall–Kier alpha value is -3.00. The van der Waals surface area contributed by atoms with E-state index < -0.39 is 4.92 Å². The zero-order chi connectivity index (χ0) is 19.4. The monoisotopic (exact) mass is 382 g/mol. The Labute approximate surface area is 160 Å². The lowest BCUT2D eigenvalue weighted by Gasteiger charge is -2.07. The minimum Gasteiger partial charge on any atom is -0.302 e. The SMILES string of the molecule is CCn1c(SCC(=O)c2ccc([N+](=O)[O-])cc2)nnc1-c1ccc(C)cc1. The van der Waals surface area contributed by atoms with Gasteiger partial charge in [-0.25, -0.2) is 0 Å². The van der Waals surface area contributed by atoms with E-state index in [1.54, 1.807) is 0 Å². The first kappa shape index (κ1) is 18.8. The second-order valence-corrected chi connectivity index (χ2v) is 6.87. The molecular weight excluding hydrogens is 364 g/mol. The van der Waals surface area contributed by atoms with Crippen LogP contribution in [0.5, 0.6) is 0 Å². The van der Waals surface area contributed by atoms with Crippen molar-refractivity contribution in [1.82, 2.24) is 14.8 Å². The molecule has 0 fully saturated rings. The summed E-state index contributed by atoms with van der Waals surface area (Å²) in [6.07, 6.45) is 0. The first-order valence-corrected chi connectivity index (χ1v) is 9.39. The Morgan fingerprint density at radius 3 is 2.37 bits per heavy atom. The molecule has 2 aromatic carbocycles. The van der Waals surface area contributed by atoms with Gasteiger partial charge in [-0.2, -0.15) is 0 Å². The number of thioether (sulfide) groups is 1. The number of nitro groups is 1. The van der Waals surface area contributed by atoms with Crippen molar-refractivity contribution in [3.8, 4) is 11.4 Å². The van der Waals surface area contributed by atoms with Gasteiger partial charge in [-0.1, -0.05) is 41.6 Å². The van der Waals surface area contributed by atoms with Gasteiger partial charge in [0.2, 0.25) is 0 Å². The van der Waals surface area contributed by atoms with Crippen LogP contribution in [0.15, 0.2) is 53.7 Å². The third-order valence-electron chi connectivity index (χ3n) is 4.08. The number of aryl methyl sites for hydroxylation is 1. The Balaban J connectivity index is 1.73. The Bertz CT molecular complexity index is 966. The number of benzene rings is 2. The third-order valence-corrected chi connectivity index (χ3v) is 5.04. The van der Waals surface area contributed by atoms with Crippen LogP contribution < -0.4 is 0 Å². The fraction of sp³-hybridized carbons (Fsp3) is 0.211. The number of nitro benzene ring substituents is 1. The van der Waals surface area contributed by atoms with E-state index in [2.05, 4.69) is 10.2 Å². The molecule has 7 nitrogen and oxygen atoms in total. The van der Waals surface area contributed by atoms with E-state index in [1.165, 1.54) is 41.6 Å². The Morgan fingerprint density at radius 2 is 1.78 bits per heavy atom. The molecule has 8 heteroatoms. The van der Waals surface area contributed by atoms with E-state index in [-0.39, 0.29) is 17.2 Å². The Morgan fingerprint density at radius 1 is 1.11 bits per heavy atom. The second kappa shape index (κ2) is 8.13. The first-order valence-electron chi connectivity index (χ1n) is 8.40. The van der Waals surface area contributed by atoms with Gasteiger partial charge in [-0.05, 0) is 26.0 Å². The number of ketones is 1. The fourth-order valence-electron chi connectivity index (χ4n) is 2.58. The van der Waals surface area contributed by atoms with Gasteiger partial charge in [0.15, 0.2) is 16.8 Å². The van der Waals surface area contributed by atoms with E-state index in [4.69, 9.17) is 0 Å². The number of aromatic nitrogens is 3. The molecule has 0 aliphatic heterocycles. The van der Waals surface area contributed by atoms with Crippen molar-refractivity contribution in [1.29, 1.82) is 0 Å². The normalized spacial score (nSPS) is 10.7. The van der Waals surface area contributed by atoms with E-state index in [1.807, 2.05) is 42.7 Å². The number of carbonyl (C=O) groups excluding carboxylic acids is 1. The highest BCUT2D eigenvalue weighted by molar-refractivity contribution is 7.99. The maximum Gasteiger partial charge on any atom is 0.269 e. The molecule has 0 saturated carbocycles. The zero-order valence-corrected chi connectivity index (χ0v) is 15.8. The van der Waals surface area contributed by atoms with Gasteiger partial charge in [0.25, 0.3) is 5.69 Å². The van der Waals surface area contributed by atoms with Gasteiger partial charge < -0.3 is 4.57 Å². The topological polar surface area (TPSA) is 90.9 Å². The molecule has 3 aromatic rings.